The lowest BCUT2D eigenvalue weighted by molar-refractivity contribution is -0.646. The molecule has 15 nitrogen and oxygen atoms in total. The van der Waals surface area contributed by atoms with Crippen LogP contribution >= 0.6 is 15.6 Å². The van der Waals surface area contributed by atoms with Crippen LogP contribution in [0.25, 0.3) is 11.0 Å². The van der Waals surface area contributed by atoms with Crippen LogP contribution in [0.4, 0.5) is 5.82 Å². The molecule has 3 rings (SSSR count). The summed E-state index contributed by atoms with van der Waals surface area (Å²) in [5.74, 6) is -0.675. The molecule has 2 unspecified atom stereocenters. The molecule has 1 aliphatic heterocycles. The first-order valence-electron chi connectivity index (χ1n) is 10.4. The van der Waals surface area contributed by atoms with Gasteiger partial charge in [-0.15, -0.1) is 0 Å². The van der Waals surface area contributed by atoms with Crippen LogP contribution in [0.15, 0.2) is 17.2 Å². The van der Waals surface area contributed by atoms with Gasteiger partial charge in [-0.25, -0.2) is 13.4 Å². The molecular weight excluding hydrogens is 498 g/mol. The molecule has 1 saturated heterocycles. The van der Waals surface area contributed by atoms with Gasteiger partial charge in [0.1, 0.15) is 11.9 Å². The highest BCUT2D eigenvalue weighted by molar-refractivity contribution is 7.60. The maximum absolute atomic E-state index is 12.3. The van der Waals surface area contributed by atoms with Crippen LogP contribution in [-0.4, -0.2) is 56.5 Å². The van der Waals surface area contributed by atoms with Crippen molar-refractivity contribution in [2.24, 2.45) is 13.0 Å². The number of phosphoric ester groups is 1. The Hall–Kier alpha value is -1.64. The number of fused-ring (bicyclic) bond motifs is 1. The van der Waals surface area contributed by atoms with Gasteiger partial charge in [-0.05, 0) is 6.42 Å². The first-order chi connectivity index (χ1) is 15.8. The Kier molecular flexibility index (Phi) is 8.36. The van der Waals surface area contributed by atoms with Gasteiger partial charge in [0.25, 0.3) is 7.82 Å². The van der Waals surface area contributed by atoms with Gasteiger partial charge in [0.2, 0.25) is 18.1 Å². The summed E-state index contributed by atoms with van der Waals surface area (Å²) in [6, 6.07) is 1.49. The minimum atomic E-state index is -5.55. The minimum Gasteiger partial charge on any atom is -0.756 e. The minimum absolute atomic E-state index is 0.00359. The Morgan fingerprint density at radius 1 is 1.35 bits per heavy atom. The fourth-order valence-electron chi connectivity index (χ4n) is 3.78. The number of nitrogen functional groups attached to an aromatic ring is 1. The molecule has 2 aromatic rings. The molecule has 0 saturated carbocycles. The number of H-pyrrole nitrogens is 1. The molecule has 0 radical (unpaired) electrons. The van der Waals surface area contributed by atoms with E-state index in [4.69, 9.17) is 20.1 Å². The quantitative estimate of drug-likeness (QED) is 0.135. The summed E-state index contributed by atoms with van der Waals surface area (Å²) in [4.78, 5) is 43.9. The number of imidazole rings is 1. The SMILES string of the molecule is CCCCOC[C@H]1[C@@H](O)[C@H](n2c[n+](C)c3c(=O)[nH]c(N)cc32)O[C@@H]1COP(=O)(O)OP(=O)([O-])O. The maximum Gasteiger partial charge on any atom is 0.478 e. The molecule has 0 amide bonds. The topological polar surface area (TPSA) is 222 Å². The van der Waals surface area contributed by atoms with Crippen molar-refractivity contribution in [2.75, 3.05) is 25.6 Å². The second-order valence-electron chi connectivity index (χ2n) is 7.88. The van der Waals surface area contributed by atoms with E-state index in [9.17, 15) is 28.8 Å². The molecule has 6 N–H and O–H groups in total. The van der Waals surface area contributed by atoms with Crippen LogP contribution in [0.3, 0.4) is 0 Å². The monoisotopic (exact) mass is 526 g/mol. The second kappa shape index (κ2) is 10.5. The largest absolute Gasteiger partial charge is 0.756 e. The molecule has 0 aliphatic carbocycles. The van der Waals surface area contributed by atoms with Gasteiger partial charge < -0.3 is 40.0 Å². The Bertz CT molecular complexity index is 1160. The number of nitrogens with one attached hydrogen (secondary N) is 1. The van der Waals surface area contributed by atoms with E-state index in [2.05, 4.69) is 13.8 Å². The lowest BCUT2D eigenvalue weighted by Gasteiger charge is -2.22. The number of anilines is 1. The normalized spacial score (nSPS) is 26.5. The van der Waals surface area contributed by atoms with Crippen molar-refractivity contribution < 1.29 is 51.8 Å². The summed E-state index contributed by atoms with van der Waals surface area (Å²) in [5.41, 5.74) is 5.95. The zero-order valence-corrected chi connectivity index (χ0v) is 20.3. The van der Waals surface area contributed by atoms with Gasteiger partial charge in [0, 0.05) is 18.6 Å². The Morgan fingerprint density at radius 2 is 2.06 bits per heavy atom. The Labute approximate surface area is 193 Å². The van der Waals surface area contributed by atoms with Crippen LogP contribution in [0.2, 0.25) is 0 Å². The van der Waals surface area contributed by atoms with Crippen LogP contribution < -0.4 is 20.8 Å². The van der Waals surface area contributed by atoms with Gasteiger partial charge >= 0.3 is 13.4 Å². The maximum atomic E-state index is 12.3. The molecule has 3 heterocycles. The molecular formula is C17H28N4O11P2. The van der Waals surface area contributed by atoms with Gasteiger partial charge in [-0.3, -0.25) is 13.9 Å². The highest BCUT2D eigenvalue weighted by atomic mass is 31.3. The predicted molar refractivity (Wildman–Crippen MR) is 114 cm³/mol. The van der Waals surface area contributed by atoms with Gasteiger partial charge in [-0.1, -0.05) is 13.3 Å². The number of aromatic nitrogens is 3. The molecule has 6 atom stereocenters. The Balaban J connectivity index is 1.87. The van der Waals surface area contributed by atoms with Crippen LogP contribution in [-0.2, 0) is 34.5 Å². The zero-order valence-electron chi connectivity index (χ0n) is 18.5. The summed E-state index contributed by atoms with van der Waals surface area (Å²) in [6.45, 7) is 1.70. The van der Waals surface area contributed by atoms with Crippen molar-refractivity contribution in [3.63, 3.8) is 0 Å². The molecule has 192 valence electrons. The summed E-state index contributed by atoms with van der Waals surface area (Å²) in [7, 11) is -9.12. The third kappa shape index (κ3) is 6.32. The molecule has 34 heavy (non-hydrogen) atoms. The van der Waals surface area contributed by atoms with Gasteiger partial charge in [0.15, 0.2) is 5.52 Å². The van der Waals surface area contributed by atoms with E-state index in [1.54, 1.807) is 7.05 Å². The van der Waals surface area contributed by atoms with Crippen LogP contribution in [0, 0.1) is 5.92 Å². The molecule has 1 aliphatic rings. The lowest BCUT2D eigenvalue weighted by Crippen LogP contribution is -2.33. The number of rotatable bonds is 11. The lowest BCUT2D eigenvalue weighted by atomic mass is 9.99. The summed E-state index contributed by atoms with van der Waals surface area (Å²) >= 11 is 0. The molecule has 1 fully saturated rings. The number of nitrogens with two attached hydrogens (primary N) is 1. The van der Waals surface area contributed by atoms with E-state index in [1.807, 2.05) is 6.92 Å². The van der Waals surface area contributed by atoms with E-state index in [1.165, 1.54) is 21.5 Å². The number of hydrogen-bond donors (Lipinski definition) is 5. The number of aryl methyl sites for hydroxylation is 1. The number of unbranched alkanes of at least 4 members (excludes halogenated alkanes) is 1. The number of ether oxygens (including phenoxy) is 2. The third-order valence-electron chi connectivity index (χ3n) is 5.29. The standard InChI is InChI=1S/C17H28N4O11P2/c1-3-4-5-29-7-10-12(8-30-34(27,28)32-33(24,25)26)31-17(15(10)22)21-9-20(2)14-11(21)6-13(18)19-16(14)23/h6,9-10,12,15,17,22H,3-5,7-8H2,1-2H3,(H5-,18,19,23,24,25,26,27,28)/t10-,12-,15-,17-/m1/s1. The number of nitrogens with zero attached hydrogens (tertiary/aromatic N) is 2. The predicted octanol–water partition coefficient (Wildman–Crippen LogP) is -0.978. The summed E-state index contributed by atoms with van der Waals surface area (Å²) in [5, 5.41) is 11.0. The van der Waals surface area contributed by atoms with Crippen molar-refractivity contribution in [1.82, 2.24) is 9.55 Å². The number of phosphoric acid groups is 2. The van der Waals surface area contributed by atoms with Crippen molar-refractivity contribution in [3.8, 4) is 0 Å². The second-order valence-corrected chi connectivity index (χ2v) is 10.7. The van der Waals surface area contributed by atoms with Crippen molar-refractivity contribution in [1.29, 1.82) is 0 Å². The number of aliphatic hydroxyl groups is 1. The smallest absolute Gasteiger partial charge is 0.478 e. The van der Waals surface area contributed by atoms with Crippen molar-refractivity contribution >= 4 is 32.5 Å². The highest BCUT2D eigenvalue weighted by Crippen LogP contribution is 2.56. The van der Waals surface area contributed by atoms with Crippen molar-refractivity contribution in [2.45, 2.75) is 38.2 Å². The molecule has 2 aromatic heterocycles. The fourth-order valence-corrected chi connectivity index (χ4v) is 5.35. The van der Waals surface area contributed by atoms with E-state index in [0.717, 1.165) is 12.8 Å². The number of aromatic amines is 1. The fraction of sp³-hybridized carbons (Fsp3) is 0.647. The first kappa shape index (κ1) is 27.0. The van der Waals surface area contributed by atoms with Crippen LogP contribution in [0.5, 0.6) is 0 Å². The molecule has 0 bridgehead atoms. The number of hydrogen-bond acceptors (Lipinski definition) is 10. The summed E-state index contributed by atoms with van der Waals surface area (Å²) in [6.07, 6.45) is -0.164. The van der Waals surface area contributed by atoms with Crippen molar-refractivity contribution in [3.05, 3.63) is 22.7 Å². The highest BCUT2D eigenvalue weighted by Gasteiger charge is 2.49. The molecule has 17 heteroatoms. The average molecular weight is 526 g/mol. The third-order valence-corrected chi connectivity index (χ3v) is 7.42. The van der Waals surface area contributed by atoms with E-state index in [0.29, 0.717) is 12.1 Å². The zero-order chi connectivity index (χ0) is 25.3. The van der Waals surface area contributed by atoms with E-state index < -0.39 is 52.2 Å². The van der Waals surface area contributed by atoms with E-state index in [-0.39, 0.29) is 17.9 Å². The number of aliphatic hydroxyl groups excluding tert-OH is 1. The van der Waals surface area contributed by atoms with E-state index >= 15 is 0 Å². The average Bonchev–Trinajstić information content (AvgIpc) is 3.18. The first-order valence-corrected chi connectivity index (χ1v) is 13.3. The van der Waals surface area contributed by atoms with Gasteiger partial charge in [-0.2, -0.15) is 4.57 Å². The Morgan fingerprint density at radius 3 is 2.71 bits per heavy atom. The molecule has 0 spiro atoms. The van der Waals surface area contributed by atoms with Crippen LogP contribution in [0.1, 0.15) is 26.0 Å². The summed E-state index contributed by atoms with van der Waals surface area (Å²) < 4.78 is 45.5. The number of pyridine rings is 1. The van der Waals surface area contributed by atoms with Gasteiger partial charge in [0.05, 0.1) is 26.4 Å². The molecule has 0 aromatic carbocycles.